The molecule has 0 unspecified atom stereocenters. The summed E-state index contributed by atoms with van der Waals surface area (Å²) in [5.41, 5.74) is 9.72. The summed E-state index contributed by atoms with van der Waals surface area (Å²) >= 11 is 0. The Bertz CT molecular complexity index is 829. The summed E-state index contributed by atoms with van der Waals surface area (Å²) < 4.78 is 0. The molecule has 0 aromatic heterocycles. The predicted molar refractivity (Wildman–Crippen MR) is 88.2 cm³/mol. The highest BCUT2D eigenvalue weighted by Gasteiger charge is 2.23. The second-order valence-electron chi connectivity index (χ2n) is 5.65. The number of aryl methyl sites for hydroxylation is 2. The zero-order chi connectivity index (χ0) is 14.4. The van der Waals surface area contributed by atoms with Gasteiger partial charge in [-0.25, -0.2) is 5.32 Å². The van der Waals surface area contributed by atoms with Crippen LogP contribution < -0.4 is 5.32 Å². The first-order valence-electron chi connectivity index (χ1n) is 7.26. The van der Waals surface area contributed by atoms with Crippen molar-refractivity contribution in [3.05, 3.63) is 71.8 Å². The standard InChI is InChI=1S/C20H16N/c1-13-7-10-15(11-8-13)19-14(2)9-12-17-16-5-3-4-6-18(16)21-20(17)19/h3-12H,1-2H3. The molecular formula is C20H16N. The third-order valence-corrected chi connectivity index (χ3v) is 4.15. The Morgan fingerprint density at radius 1 is 0.714 bits per heavy atom. The van der Waals surface area contributed by atoms with Crippen molar-refractivity contribution in [3.8, 4) is 22.3 Å². The molecule has 21 heavy (non-hydrogen) atoms. The Morgan fingerprint density at radius 3 is 2.29 bits per heavy atom. The van der Waals surface area contributed by atoms with Crippen LogP contribution in [0.3, 0.4) is 0 Å². The molecule has 1 heteroatoms. The number of rotatable bonds is 1. The van der Waals surface area contributed by atoms with Crippen LogP contribution in [0.15, 0.2) is 60.7 Å². The van der Waals surface area contributed by atoms with Crippen molar-refractivity contribution in [2.45, 2.75) is 13.8 Å². The maximum Gasteiger partial charge on any atom is 0.0797 e. The van der Waals surface area contributed by atoms with E-state index in [1.165, 1.54) is 33.4 Å². The highest BCUT2D eigenvalue weighted by atomic mass is 14.9. The molecule has 3 aromatic carbocycles. The van der Waals surface area contributed by atoms with E-state index in [-0.39, 0.29) is 0 Å². The molecule has 0 saturated heterocycles. The Balaban J connectivity index is 1.96. The highest BCUT2D eigenvalue weighted by molar-refractivity contribution is 5.98. The molecule has 0 fully saturated rings. The number of hydrogen-bond acceptors (Lipinski definition) is 0. The number of para-hydroxylation sites is 1. The van der Waals surface area contributed by atoms with Crippen molar-refractivity contribution in [2.75, 3.05) is 0 Å². The van der Waals surface area contributed by atoms with E-state index in [1.54, 1.807) is 0 Å². The van der Waals surface area contributed by atoms with Gasteiger partial charge in [-0.3, -0.25) is 0 Å². The highest BCUT2D eigenvalue weighted by Crippen LogP contribution is 2.48. The van der Waals surface area contributed by atoms with E-state index in [0.29, 0.717) is 0 Å². The molecule has 4 rings (SSSR count). The van der Waals surface area contributed by atoms with E-state index >= 15 is 0 Å². The number of benzene rings is 3. The molecule has 0 saturated carbocycles. The molecule has 0 spiro atoms. The van der Waals surface area contributed by atoms with E-state index < -0.39 is 0 Å². The van der Waals surface area contributed by atoms with Crippen LogP contribution in [0, 0.1) is 13.8 Å². The average molecular weight is 270 g/mol. The Hall–Kier alpha value is -2.54. The SMILES string of the molecule is Cc1ccc(-c2c(C)ccc3c2[N]c2ccccc2-3)cc1. The third-order valence-electron chi connectivity index (χ3n) is 4.15. The van der Waals surface area contributed by atoms with Gasteiger partial charge in [0.05, 0.1) is 11.4 Å². The van der Waals surface area contributed by atoms with E-state index in [2.05, 4.69) is 68.4 Å². The Morgan fingerprint density at radius 2 is 1.48 bits per heavy atom. The summed E-state index contributed by atoms with van der Waals surface area (Å²) in [7, 11) is 0. The minimum atomic E-state index is 1.08. The zero-order valence-electron chi connectivity index (χ0n) is 12.2. The number of nitrogens with zero attached hydrogens (tertiary/aromatic N) is 1. The van der Waals surface area contributed by atoms with Crippen LogP contribution in [0.5, 0.6) is 0 Å². The van der Waals surface area contributed by atoms with Gasteiger partial charge in [0.2, 0.25) is 0 Å². The molecule has 1 radical (unpaired) electrons. The fourth-order valence-corrected chi connectivity index (χ4v) is 3.03. The van der Waals surface area contributed by atoms with Gasteiger partial charge in [-0.2, -0.15) is 0 Å². The normalized spacial score (nSPS) is 11.7. The lowest BCUT2D eigenvalue weighted by atomic mass is 9.94. The first-order valence-corrected chi connectivity index (χ1v) is 7.26. The fraction of sp³-hybridized carbons (Fsp3) is 0.100. The van der Waals surface area contributed by atoms with Crippen LogP contribution in [0.4, 0.5) is 11.4 Å². The second kappa shape index (κ2) is 4.49. The molecule has 1 aliphatic heterocycles. The molecular weight excluding hydrogens is 254 g/mol. The molecule has 0 bridgehead atoms. The lowest BCUT2D eigenvalue weighted by molar-refractivity contribution is 1.23. The van der Waals surface area contributed by atoms with Crippen molar-refractivity contribution in [1.29, 1.82) is 0 Å². The topological polar surface area (TPSA) is 14.1 Å². The Kier molecular flexibility index (Phi) is 2.61. The Labute approximate surface area is 125 Å². The lowest BCUT2D eigenvalue weighted by Crippen LogP contribution is -1.91. The van der Waals surface area contributed by atoms with Crippen LogP contribution >= 0.6 is 0 Å². The van der Waals surface area contributed by atoms with E-state index in [4.69, 9.17) is 5.32 Å². The molecule has 101 valence electrons. The number of hydrogen-bond donors (Lipinski definition) is 0. The van der Waals surface area contributed by atoms with Gasteiger partial charge < -0.3 is 0 Å². The van der Waals surface area contributed by atoms with Crippen LogP contribution in [-0.4, -0.2) is 0 Å². The van der Waals surface area contributed by atoms with E-state index in [1.807, 2.05) is 6.07 Å². The fourth-order valence-electron chi connectivity index (χ4n) is 3.03. The van der Waals surface area contributed by atoms with E-state index in [9.17, 15) is 0 Å². The van der Waals surface area contributed by atoms with Gasteiger partial charge in [0.25, 0.3) is 0 Å². The minimum Gasteiger partial charge on any atom is -0.247 e. The van der Waals surface area contributed by atoms with Gasteiger partial charge in [0.15, 0.2) is 0 Å². The third kappa shape index (κ3) is 1.85. The zero-order valence-corrected chi connectivity index (χ0v) is 12.2. The second-order valence-corrected chi connectivity index (χ2v) is 5.65. The quantitative estimate of drug-likeness (QED) is 0.432. The number of fused-ring (bicyclic) bond motifs is 3. The summed E-state index contributed by atoms with van der Waals surface area (Å²) in [5, 5.41) is 4.87. The van der Waals surface area contributed by atoms with Crippen molar-refractivity contribution in [2.24, 2.45) is 0 Å². The van der Waals surface area contributed by atoms with Crippen molar-refractivity contribution in [3.63, 3.8) is 0 Å². The summed E-state index contributed by atoms with van der Waals surface area (Å²) in [6.07, 6.45) is 0. The molecule has 1 aliphatic rings. The van der Waals surface area contributed by atoms with Gasteiger partial charge in [0.1, 0.15) is 0 Å². The van der Waals surface area contributed by atoms with Gasteiger partial charge in [-0.15, -0.1) is 0 Å². The lowest BCUT2D eigenvalue weighted by Gasteiger charge is -2.12. The molecule has 0 amide bonds. The van der Waals surface area contributed by atoms with Gasteiger partial charge in [-0.05, 0) is 31.0 Å². The van der Waals surface area contributed by atoms with Crippen LogP contribution in [0.1, 0.15) is 11.1 Å². The smallest absolute Gasteiger partial charge is 0.0797 e. The predicted octanol–water partition coefficient (Wildman–Crippen LogP) is 5.52. The minimum absolute atomic E-state index is 1.08. The summed E-state index contributed by atoms with van der Waals surface area (Å²) in [5.74, 6) is 0. The molecule has 0 aliphatic carbocycles. The maximum atomic E-state index is 4.87. The summed E-state index contributed by atoms with van der Waals surface area (Å²) in [6.45, 7) is 4.28. The van der Waals surface area contributed by atoms with Crippen LogP contribution in [-0.2, 0) is 0 Å². The molecule has 0 N–H and O–H groups in total. The van der Waals surface area contributed by atoms with Gasteiger partial charge in [-0.1, -0.05) is 60.2 Å². The average Bonchev–Trinajstić information content (AvgIpc) is 2.87. The van der Waals surface area contributed by atoms with E-state index in [0.717, 1.165) is 11.4 Å². The first-order chi connectivity index (χ1) is 10.2. The monoisotopic (exact) mass is 270 g/mol. The molecule has 1 heterocycles. The van der Waals surface area contributed by atoms with Crippen molar-refractivity contribution in [1.82, 2.24) is 5.32 Å². The maximum absolute atomic E-state index is 4.87. The largest absolute Gasteiger partial charge is 0.247 e. The summed E-state index contributed by atoms with van der Waals surface area (Å²) in [6, 6.07) is 21.5. The van der Waals surface area contributed by atoms with Crippen molar-refractivity contribution < 1.29 is 0 Å². The van der Waals surface area contributed by atoms with Crippen LogP contribution in [0.2, 0.25) is 0 Å². The molecule has 3 aromatic rings. The van der Waals surface area contributed by atoms with Crippen LogP contribution in [0.25, 0.3) is 22.3 Å². The first kappa shape index (κ1) is 12.2. The van der Waals surface area contributed by atoms with Crippen molar-refractivity contribution >= 4 is 11.4 Å². The molecule has 0 atom stereocenters. The summed E-state index contributed by atoms with van der Waals surface area (Å²) in [4.78, 5) is 0. The van der Waals surface area contributed by atoms with Gasteiger partial charge >= 0.3 is 0 Å². The van der Waals surface area contributed by atoms with Gasteiger partial charge in [0, 0.05) is 16.7 Å². The molecule has 1 nitrogen and oxygen atoms in total.